The number of hydrogen-bond acceptors (Lipinski definition) is 6. The van der Waals surface area contributed by atoms with Gasteiger partial charge in [-0.05, 0) is 24.6 Å². The molecule has 1 aromatic rings. The molecule has 26 heavy (non-hydrogen) atoms. The summed E-state index contributed by atoms with van der Waals surface area (Å²) in [6.45, 7) is 1.50. The van der Waals surface area contributed by atoms with E-state index in [0.29, 0.717) is 6.54 Å². The highest BCUT2D eigenvalue weighted by atomic mass is 16.2. The van der Waals surface area contributed by atoms with E-state index >= 15 is 0 Å². The number of nitrogens with zero attached hydrogens (tertiary/aromatic N) is 1. The first-order valence-corrected chi connectivity index (χ1v) is 8.54. The van der Waals surface area contributed by atoms with Crippen LogP contribution in [-0.4, -0.2) is 53.7 Å². The van der Waals surface area contributed by atoms with Crippen LogP contribution in [0.1, 0.15) is 33.6 Å². The highest BCUT2D eigenvalue weighted by molar-refractivity contribution is 6.23. The predicted octanol–water partition coefficient (Wildman–Crippen LogP) is 0.0277. The van der Waals surface area contributed by atoms with Gasteiger partial charge in [-0.15, -0.1) is 0 Å². The van der Waals surface area contributed by atoms with Gasteiger partial charge in [0.2, 0.25) is 11.8 Å². The van der Waals surface area contributed by atoms with Gasteiger partial charge < -0.3 is 10.6 Å². The van der Waals surface area contributed by atoms with Crippen LogP contribution in [0.5, 0.6) is 0 Å². The topological polar surface area (TPSA) is 108 Å². The zero-order valence-corrected chi connectivity index (χ0v) is 14.0. The molecule has 2 atom stereocenters. The maximum atomic E-state index is 12.7. The Morgan fingerprint density at radius 3 is 2.65 bits per heavy atom. The summed E-state index contributed by atoms with van der Waals surface area (Å²) in [4.78, 5) is 49.7. The summed E-state index contributed by atoms with van der Waals surface area (Å²) in [5.41, 5.74) is 1.29. The summed E-state index contributed by atoms with van der Waals surface area (Å²) in [5.74, 6) is -1.98. The molecule has 0 aliphatic carbocycles. The normalized spacial score (nSPS) is 24.8. The van der Waals surface area contributed by atoms with Gasteiger partial charge in [0.25, 0.3) is 11.8 Å². The van der Waals surface area contributed by atoms with Crippen LogP contribution in [0.3, 0.4) is 0 Å². The van der Waals surface area contributed by atoms with E-state index in [1.54, 1.807) is 18.2 Å². The Hall–Kier alpha value is -3.00. The highest BCUT2D eigenvalue weighted by Gasteiger charge is 2.44. The van der Waals surface area contributed by atoms with Gasteiger partial charge >= 0.3 is 0 Å². The second-order valence-electron chi connectivity index (χ2n) is 6.53. The molecule has 0 bridgehead atoms. The van der Waals surface area contributed by atoms with E-state index in [2.05, 4.69) is 28.1 Å². The lowest BCUT2D eigenvalue weighted by molar-refractivity contribution is -0.136. The molecule has 0 saturated carbocycles. The summed E-state index contributed by atoms with van der Waals surface area (Å²) >= 11 is 0. The standard InChI is InChI=1S/C18H18N4O4/c23-15-6-5-14(16(24)21-15)22-17(25)12-4-3-10(8-13(12)18(22)26)20-9-11-2-1-7-19-11/h1-4,8,11,14,19-20H,5-7,9H2,(H,21,23,24). The van der Waals surface area contributed by atoms with E-state index in [-0.39, 0.29) is 35.9 Å². The van der Waals surface area contributed by atoms with Crippen molar-refractivity contribution in [1.82, 2.24) is 15.5 Å². The van der Waals surface area contributed by atoms with E-state index in [4.69, 9.17) is 0 Å². The molecule has 0 aromatic heterocycles. The number of fused-ring (bicyclic) bond motifs is 1. The Morgan fingerprint density at radius 1 is 1.12 bits per heavy atom. The van der Waals surface area contributed by atoms with Gasteiger partial charge in [0.1, 0.15) is 6.04 Å². The fourth-order valence-electron chi connectivity index (χ4n) is 3.47. The first-order valence-electron chi connectivity index (χ1n) is 8.54. The molecule has 3 heterocycles. The van der Waals surface area contributed by atoms with E-state index in [0.717, 1.165) is 17.1 Å². The summed E-state index contributed by atoms with van der Waals surface area (Å²) < 4.78 is 0. The van der Waals surface area contributed by atoms with E-state index < -0.39 is 23.8 Å². The average Bonchev–Trinajstić information content (AvgIpc) is 3.22. The summed E-state index contributed by atoms with van der Waals surface area (Å²) in [6, 6.07) is 4.27. The SMILES string of the molecule is O=C1CCC(N2C(=O)c3ccc(NCC4C=CCN4)cc3C2=O)C(=O)N1. The lowest BCUT2D eigenvalue weighted by atomic mass is 10.0. The van der Waals surface area contributed by atoms with Crippen molar-refractivity contribution in [2.75, 3.05) is 18.4 Å². The second-order valence-corrected chi connectivity index (χ2v) is 6.53. The highest BCUT2D eigenvalue weighted by Crippen LogP contribution is 2.29. The number of amides is 4. The fraction of sp³-hybridized carbons (Fsp3) is 0.333. The second kappa shape index (κ2) is 6.38. The number of rotatable bonds is 4. The van der Waals surface area contributed by atoms with Gasteiger partial charge in [-0.25, -0.2) is 0 Å². The van der Waals surface area contributed by atoms with Crippen molar-refractivity contribution in [3.8, 4) is 0 Å². The maximum absolute atomic E-state index is 12.7. The molecule has 1 aromatic carbocycles. The molecule has 4 amide bonds. The van der Waals surface area contributed by atoms with Crippen LogP contribution in [0.2, 0.25) is 0 Å². The average molecular weight is 354 g/mol. The van der Waals surface area contributed by atoms with Gasteiger partial charge in [-0.3, -0.25) is 29.4 Å². The number of hydrogen-bond donors (Lipinski definition) is 3. The number of nitrogens with one attached hydrogen (secondary N) is 3. The zero-order valence-electron chi connectivity index (χ0n) is 14.0. The van der Waals surface area contributed by atoms with Crippen LogP contribution in [0.15, 0.2) is 30.4 Å². The molecule has 0 spiro atoms. The first-order chi connectivity index (χ1) is 12.5. The molecule has 0 radical (unpaired) electrons. The molecule has 8 nitrogen and oxygen atoms in total. The molecule has 3 N–H and O–H groups in total. The largest absolute Gasteiger partial charge is 0.383 e. The predicted molar refractivity (Wildman–Crippen MR) is 92.5 cm³/mol. The van der Waals surface area contributed by atoms with Crippen molar-refractivity contribution in [2.24, 2.45) is 0 Å². The van der Waals surface area contributed by atoms with Crippen molar-refractivity contribution in [1.29, 1.82) is 0 Å². The Balaban J connectivity index is 1.53. The molecule has 4 rings (SSSR count). The Kier molecular flexibility index (Phi) is 4.04. The van der Waals surface area contributed by atoms with E-state index in [1.807, 2.05) is 0 Å². The number of carbonyl (C=O) groups is 4. The minimum Gasteiger partial charge on any atom is -0.383 e. The summed E-state index contributed by atoms with van der Waals surface area (Å²) in [6.07, 6.45) is 4.38. The molecule has 3 aliphatic heterocycles. The minimum atomic E-state index is -0.940. The summed E-state index contributed by atoms with van der Waals surface area (Å²) in [7, 11) is 0. The van der Waals surface area contributed by atoms with Crippen LogP contribution >= 0.6 is 0 Å². The molecular weight excluding hydrogens is 336 g/mol. The minimum absolute atomic E-state index is 0.110. The Bertz CT molecular complexity index is 848. The Morgan fingerprint density at radius 2 is 1.92 bits per heavy atom. The third-order valence-electron chi connectivity index (χ3n) is 4.83. The lowest BCUT2D eigenvalue weighted by Crippen LogP contribution is -2.54. The molecule has 8 heteroatoms. The van der Waals surface area contributed by atoms with Gasteiger partial charge in [-0.1, -0.05) is 12.2 Å². The van der Waals surface area contributed by atoms with Crippen molar-refractivity contribution in [3.63, 3.8) is 0 Å². The smallest absolute Gasteiger partial charge is 0.262 e. The fourth-order valence-corrected chi connectivity index (χ4v) is 3.47. The lowest BCUT2D eigenvalue weighted by Gasteiger charge is -2.27. The molecular formula is C18H18N4O4. The summed E-state index contributed by atoms with van der Waals surface area (Å²) in [5, 5.41) is 8.71. The monoisotopic (exact) mass is 354 g/mol. The third kappa shape index (κ3) is 2.78. The zero-order chi connectivity index (χ0) is 18.3. The first kappa shape index (κ1) is 16.5. The quantitative estimate of drug-likeness (QED) is 0.520. The maximum Gasteiger partial charge on any atom is 0.262 e. The third-order valence-corrected chi connectivity index (χ3v) is 4.83. The van der Waals surface area contributed by atoms with Crippen molar-refractivity contribution < 1.29 is 19.2 Å². The number of carbonyl (C=O) groups excluding carboxylic acids is 4. The molecule has 1 fully saturated rings. The van der Waals surface area contributed by atoms with Crippen molar-refractivity contribution in [3.05, 3.63) is 41.5 Å². The number of piperidine rings is 1. The molecule has 1 saturated heterocycles. The Labute approximate surface area is 149 Å². The van der Waals surface area contributed by atoms with Gasteiger partial charge in [0.05, 0.1) is 11.1 Å². The van der Waals surface area contributed by atoms with Gasteiger partial charge in [-0.2, -0.15) is 0 Å². The number of imide groups is 2. The van der Waals surface area contributed by atoms with Crippen LogP contribution in [-0.2, 0) is 9.59 Å². The van der Waals surface area contributed by atoms with Gasteiger partial charge in [0.15, 0.2) is 0 Å². The number of benzene rings is 1. The van der Waals surface area contributed by atoms with Crippen LogP contribution in [0, 0.1) is 0 Å². The number of anilines is 1. The molecule has 3 aliphatic rings. The van der Waals surface area contributed by atoms with Crippen LogP contribution in [0.25, 0.3) is 0 Å². The molecule has 2 unspecified atom stereocenters. The van der Waals surface area contributed by atoms with Gasteiger partial charge in [0, 0.05) is 31.2 Å². The van der Waals surface area contributed by atoms with Crippen LogP contribution in [0.4, 0.5) is 5.69 Å². The van der Waals surface area contributed by atoms with Crippen molar-refractivity contribution >= 4 is 29.3 Å². The van der Waals surface area contributed by atoms with Crippen LogP contribution < -0.4 is 16.0 Å². The van der Waals surface area contributed by atoms with E-state index in [9.17, 15) is 19.2 Å². The van der Waals surface area contributed by atoms with Crippen molar-refractivity contribution in [2.45, 2.75) is 24.9 Å². The molecule has 134 valence electrons. The van der Waals surface area contributed by atoms with E-state index in [1.165, 1.54) is 0 Å².